The summed E-state index contributed by atoms with van der Waals surface area (Å²) in [6.45, 7) is 9.37. The van der Waals surface area contributed by atoms with Gasteiger partial charge in [-0.3, -0.25) is 0 Å². The smallest absolute Gasteiger partial charge is 0.119 e. The molecule has 1 aromatic rings. The van der Waals surface area contributed by atoms with Crippen LogP contribution in [0.15, 0.2) is 24.3 Å². The van der Waals surface area contributed by atoms with E-state index in [0.717, 1.165) is 31.4 Å². The van der Waals surface area contributed by atoms with Gasteiger partial charge in [0, 0.05) is 6.54 Å². The van der Waals surface area contributed by atoms with Crippen molar-refractivity contribution in [1.29, 1.82) is 0 Å². The zero-order valence-corrected chi connectivity index (χ0v) is 12.0. The van der Waals surface area contributed by atoms with Crippen molar-refractivity contribution >= 4 is 0 Å². The Morgan fingerprint density at radius 1 is 1.11 bits per heavy atom. The molecular weight excluding hydrogens is 222 g/mol. The third kappa shape index (κ3) is 6.65. The van der Waals surface area contributed by atoms with Gasteiger partial charge in [0.15, 0.2) is 0 Å². The fourth-order valence-corrected chi connectivity index (χ4v) is 1.91. The normalized spacial score (nSPS) is 10.9. The van der Waals surface area contributed by atoms with Crippen molar-refractivity contribution in [3.05, 3.63) is 29.8 Å². The summed E-state index contributed by atoms with van der Waals surface area (Å²) in [4.78, 5) is 0. The van der Waals surface area contributed by atoms with Crippen molar-refractivity contribution in [2.75, 3.05) is 13.2 Å². The molecule has 0 unspecified atom stereocenters. The summed E-state index contributed by atoms with van der Waals surface area (Å²) in [5, 5.41) is 3.49. The lowest BCUT2D eigenvalue weighted by atomic mass is 10.1. The molecule has 0 aliphatic carbocycles. The lowest BCUT2D eigenvalue weighted by Gasteiger charge is -2.07. The Labute approximate surface area is 112 Å². The van der Waals surface area contributed by atoms with Crippen LogP contribution in [0.3, 0.4) is 0 Å². The molecule has 102 valence electrons. The SMILES string of the molecule is CCOc1ccc(CNCCCCC(C)C)cc1. The van der Waals surface area contributed by atoms with E-state index in [1.807, 2.05) is 19.1 Å². The Balaban J connectivity index is 2.11. The van der Waals surface area contributed by atoms with E-state index in [9.17, 15) is 0 Å². The molecule has 0 saturated carbocycles. The van der Waals surface area contributed by atoms with Crippen molar-refractivity contribution in [1.82, 2.24) is 5.32 Å². The Morgan fingerprint density at radius 3 is 2.44 bits per heavy atom. The highest BCUT2D eigenvalue weighted by Gasteiger charge is 1.96. The number of hydrogen-bond donors (Lipinski definition) is 1. The van der Waals surface area contributed by atoms with Gasteiger partial charge in [-0.25, -0.2) is 0 Å². The van der Waals surface area contributed by atoms with Crippen LogP contribution < -0.4 is 10.1 Å². The molecular formula is C16H27NO. The average Bonchev–Trinajstić information content (AvgIpc) is 2.35. The summed E-state index contributed by atoms with van der Waals surface area (Å²) in [5.74, 6) is 1.79. The predicted octanol–water partition coefficient (Wildman–Crippen LogP) is 4.00. The van der Waals surface area contributed by atoms with Gasteiger partial charge in [-0.15, -0.1) is 0 Å². The van der Waals surface area contributed by atoms with Crippen LogP contribution in [0.25, 0.3) is 0 Å². The number of nitrogens with one attached hydrogen (secondary N) is 1. The van der Waals surface area contributed by atoms with E-state index in [-0.39, 0.29) is 0 Å². The number of ether oxygens (including phenoxy) is 1. The van der Waals surface area contributed by atoms with Gasteiger partial charge < -0.3 is 10.1 Å². The van der Waals surface area contributed by atoms with Crippen molar-refractivity contribution in [2.24, 2.45) is 5.92 Å². The summed E-state index contributed by atoms with van der Waals surface area (Å²) in [7, 11) is 0. The van der Waals surface area contributed by atoms with Crippen LogP contribution in [0.5, 0.6) is 5.75 Å². The molecule has 0 aliphatic rings. The maximum absolute atomic E-state index is 5.42. The van der Waals surface area contributed by atoms with Crippen LogP contribution >= 0.6 is 0 Å². The third-order valence-corrected chi connectivity index (χ3v) is 2.95. The Morgan fingerprint density at radius 2 is 1.83 bits per heavy atom. The second-order valence-corrected chi connectivity index (χ2v) is 5.14. The van der Waals surface area contributed by atoms with Gasteiger partial charge in [-0.1, -0.05) is 38.8 Å². The molecule has 2 nitrogen and oxygen atoms in total. The highest BCUT2D eigenvalue weighted by molar-refractivity contribution is 5.27. The van der Waals surface area contributed by atoms with Crippen molar-refractivity contribution in [3.8, 4) is 5.75 Å². The molecule has 0 fully saturated rings. The fourth-order valence-electron chi connectivity index (χ4n) is 1.91. The van der Waals surface area contributed by atoms with Gasteiger partial charge in [0.1, 0.15) is 5.75 Å². The zero-order chi connectivity index (χ0) is 13.2. The summed E-state index contributed by atoms with van der Waals surface area (Å²) in [6.07, 6.45) is 3.94. The molecule has 0 amide bonds. The van der Waals surface area contributed by atoms with Crippen LogP contribution in [0.1, 0.15) is 45.6 Å². The molecule has 1 rings (SSSR count). The second-order valence-electron chi connectivity index (χ2n) is 5.14. The fraction of sp³-hybridized carbons (Fsp3) is 0.625. The summed E-state index contributed by atoms with van der Waals surface area (Å²) >= 11 is 0. The maximum Gasteiger partial charge on any atom is 0.119 e. The van der Waals surface area contributed by atoms with E-state index in [2.05, 4.69) is 31.3 Å². The van der Waals surface area contributed by atoms with E-state index < -0.39 is 0 Å². The average molecular weight is 249 g/mol. The quantitative estimate of drug-likeness (QED) is 0.668. The molecule has 0 saturated heterocycles. The minimum absolute atomic E-state index is 0.730. The Hall–Kier alpha value is -1.02. The minimum atomic E-state index is 0.730. The largest absolute Gasteiger partial charge is 0.494 e. The highest BCUT2D eigenvalue weighted by Crippen LogP contribution is 2.12. The molecule has 2 heteroatoms. The Kier molecular flexibility index (Phi) is 7.51. The molecule has 18 heavy (non-hydrogen) atoms. The number of hydrogen-bond acceptors (Lipinski definition) is 2. The standard InChI is InChI=1S/C16H27NO/c1-4-18-16-10-8-15(9-11-16)13-17-12-6-5-7-14(2)3/h8-11,14,17H,4-7,12-13H2,1-3H3. The molecule has 0 atom stereocenters. The van der Waals surface area contributed by atoms with Crippen LogP contribution in [-0.2, 0) is 6.54 Å². The van der Waals surface area contributed by atoms with E-state index in [4.69, 9.17) is 4.74 Å². The van der Waals surface area contributed by atoms with Crippen LogP contribution in [0.4, 0.5) is 0 Å². The van der Waals surface area contributed by atoms with E-state index in [0.29, 0.717) is 0 Å². The molecule has 1 N–H and O–H groups in total. The topological polar surface area (TPSA) is 21.3 Å². The molecule has 0 radical (unpaired) electrons. The molecule has 0 aliphatic heterocycles. The molecule has 1 aromatic carbocycles. The third-order valence-electron chi connectivity index (χ3n) is 2.95. The van der Waals surface area contributed by atoms with Crippen LogP contribution in [-0.4, -0.2) is 13.2 Å². The van der Waals surface area contributed by atoms with Gasteiger partial charge in [0.2, 0.25) is 0 Å². The van der Waals surface area contributed by atoms with E-state index in [1.54, 1.807) is 0 Å². The van der Waals surface area contributed by atoms with Gasteiger partial charge >= 0.3 is 0 Å². The van der Waals surface area contributed by atoms with E-state index >= 15 is 0 Å². The molecule has 0 spiro atoms. The van der Waals surface area contributed by atoms with Gasteiger partial charge in [0.25, 0.3) is 0 Å². The van der Waals surface area contributed by atoms with Crippen LogP contribution in [0, 0.1) is 5.92 Å². The Bertz CT molecular complexity index is 305. The number of rotatable bonds is 9. The first-order chi connectivity index (χ1) is 8.72. The predicted molar refractivity (Wildman–Crippen MR) is 78.0 cm³/mol. The van der Waals surface area contributed by atoms with E-state index in [1.165, 1.54) is 24.8 Å². The highest BCUT2D eigenvalue weighted by atomic mass is 16.5. The second kappa shape index (κ2) is 8.98. The summed E-state index contributed by atoms with van der Waals surface area (Å²) in [5.41, 5.74) is 1.32. The van der Waals surface area contributed by atoms with Crippen molar-refractivity contribution in [3.63, 3.8) is 0 Å². The maximum atomic E-state index is 5.42. The lowest BCUT2D eigenvalue weighted by Crippen LogP contribution is -2.14. The molecule has 0 aromatic heterocycles. The summed E-state index contributed by atoms with van der Waals surface area (Å²) in [6, 6.07) is 8.34. The monoisotopic (exact) mass is 249 g/mol. The van der Waals surface area contributed by atoms with Gasteiger partial charge in [0.05, 0.1) is 6.61 Å². The first kappa shape index (κ1) is 15.0. The summed E-state index contributed by atoms with van der Waals surface area (Å²) < 4.78 is 5.42. The van der Waals surface area contributed by atoms with Crippen molar-refractivity contribution < 1.29 is 4.74 Å². The van der Waals surface area contributed by atoms with Crippen molar-refractivity contribution in [2.45, 2.75) is 46.6 Å². The minimum Gasteiger partial charge on any atom is -0.494 e. The number of benzene rings is 1. The van der Waals surface area contributed by atoms with Gasteiger partial charge in [-0.2, -0.15) is 0 Å². The van der Waals surface area contributed by atoms with Crippen LogP contribution in [0.2, 0.25) is 0 Å². The molecule has 0 heterocycles. The molecule has 0 bridgehead atoms. The van der Waals surface area contributed by atoms with Gasteiger partial charge in [-0.05, 0) is 43.5 Å². The zero-order valence-electron chi connectivity index (χ0n) is 12.0. The first-order valence-corrected chi connectivity index (χ1v) is 7.14. The number of unbranched alkanes of at least 4 members (excludes halogenated alkanes) is 1. The lowest BCUT2D eigenvalue weighted by molar-refractivity contribution is 0.340. The first-order valence-electron chi connectivity index (χ1n) is 7.14.